The highest BCUT2D eigenvalue weighted by Gasteiger charge is 2.46. The van der Waals surface area contributed by atoms with Crippen molar-refractivity contribution in [3.8, 4) is 0 Å². The first-order valence-corrected chi connectivity index (χ1v) is 8.67. The Hall–Kier alpha value is -1.61. The molecule has 2 aliphatic rings. The number of carboxylic acid groups (broad SMARTS) is 1. The van der Waals surface area contributed by atoms with E-state index in [4.69, 9.17) is 5.11 Å². The largest absolute Gasteiger partial charge is 0.481 e. The number of carbonyl (C=O) groups is 1. The molecule has 1 unspecified atom stereocenters. The predicted octanol–water partition coefficient (Wildman–Crippen LogP) is 3.90. The minimum Gasteiger partial charge on any atom is -0.481 e. The molecule has 3 nitrogen and oxygen atoms in total. The Balaban J connectivity index is 1.63. The monoisotopic (exact) mass is 314 g/mol. The molecule has 0 spiro atoms. The maximum atomic E-state index is 10.8. The van der Waals surface area contributed by atoms with Crippen LogP contribution in [0.1, 0.15) is 43.2 Å². The van der Waals surface area contributed by atoms with E-state index in [-0.39, 0.29) is 18.4 Å². The van der Waals surface area contributed by atoms with Gasteiger partial charge in [-0.2, -0.15) is 0 Å². The number of aryl methyl sites for hydroxylation is 1. The Morgan fingerprint density at radius 2 is 1.96 bits per heavy atom. The first kappa shape index (κ1) is 16.3. The molecule has 23 heavy (non-hydrogen) atoms. The Kier molecular flexibility index (Phi) is 4.86. The first-order chi connectivity index (χ1) is 11.0. The number of rotatable bonds is 5. The number of hydrogen-bond donors (Lipinski definition) is 2. The van der Waals surface area contributed by atoms with Crippen molar-refractivity contribution in [2.24, 2.45) is 23.7 Å². The highest BCUT2D eigenvalue weighted by Crippen LogP contribution is 2.51. The van der Waals surface area contributed by atoms with Crippen molar-refractivity contribution in [3.05, 3.63) is 41.5 Å². The van der Waals surface area contributed by atoms with E-state index in [1.54, 1.807) is 0 Å². The van der Waals surface area contributed by atoms with Gasteiger partial charge in [0.15, 0.2) is 0 Å². The van der Waals surface area contributed by atoms with E-state index >= 15 is 0 Å². The second-order valence-corrected chi connectivity index (χ2v) is 7.34. The van der Waals surface area contributed by atoms with E-state index in [9.17, 15) is 9.90 Å². The van der Waals surface area contributed by atoms with Crippen LogP contribution in [-0.4, -0.2) is 22.3 Å². The quantitative estimate of drug-likeness (QED) is 0.866. The number of carboxylic acids is 1. The zero-order valence-corrected chi connectivity index (χ0v) is 13.7. The minimum atomic E-state index is -0.696. The van der Waals surface area contributed by atoms with E-state index < -0.39 is 5.97 Å². The van der Waals surface area contributed by atoms with Crippen LogP contribution in [-0.2, 0) is 4.79 Å². The molecule has 0 aliphatic heterocycles. The number of hydrogen-bond acceptors (Lipinski definition) is 2. The highest BCUT2D eigenvalue weighted by atomic mass is 16.4. The van der Waals surface area contributed by atoms with Crippen molar-refractivity contribution >= 4 is 12.0 Å². The predicted molar refractivity (Wildman–Crippen MR) is 90.9 cm³/mol. The van der Waals surface area contributed by atoms with Crippen LogP contribution in [0.4, 0.5) is 0 Å². The van der Waals surface area contributed by atoms with Crippen LogP contribution in [0.5, 0.6) is 0 Å². The number of aliphatic carboxylic acids is 1. The SMILES string of the molecule is Cc1ccc(/C=C/[C@@H]2[C@H]3CC(CCC(=O)O)C[C@H]3C[C@H]2O)cc1. The van der Waals surface area contributed by atoms with E-state index in [1.165, 1.54) is 11.1 Å². The summed E-state index contributed by atoms with van der Waals surface area (Å²) in [5, 5.41) is 19.2. The molecule has 3 rings (SSSR count). The van der Waals surface area contributed by atoms with Crippen LogP contribution in [0.15, 0.2) is 30.3 Å². The van der Waals surface area contributed by atoms with E-state index in [0.717, 1.165) is 25.7 Å². The summed E-state index contributed by atoms with van der Waals surface area (Å²) in [4.78, 5) is 10.8. The molecule has 0 bridgehead atoms. The molecule has 0 heterocycles. The molecule has 2 N–H and O–H groups in total. The van der Waals surface area contributed by atoms with Crippen molar-refractivity contribution in [2.45, 2.75) is 45.1 Å². The maximum Gasteiger partial charge on any atom is 0.303 e. The molecule has 1 aromatic rings. The highest BCUT2D eigenvalue weighted by molar-refractivity contribution is 5.66. The fourth-order valence-electron chi connectivity index (χ4n) is 4.51. The Morgan fingerprint density at radius 3 is 2.65 bits per heavy atom. The molecule has 2 saturated carbocycles. The number of benzene rings is 1. The lowest BCUT2D eigenvalue weighted by atomic mass is 9.89. The molecule has 2 aliphatic carbocycles. The van der Waals surface area contributed by atoms with E-state index in [1.807, 2.05) is 0 Å². The molecule has 0 radical (unpaired) electrons. The molecular formula is C20H26O3. The Morgan fingerprint density at radius 1 is 1.22 bits per heavy atom. The van der Waals surface area contributed by atoms with Crippen molar-refractivity contribution in [1.82, 2.24) is 0 Å². The molecule has 5 atom stereocenters. The Labute approximate surface area is 138 Å². The van der Waals surface area contributed by atoms with Gasteiger partial charge >= 0.3 is 5.97 Å². The summed E-state index contributed by atoms with van der Waals surface area (Å²) in [7, 11) is 0. The fraction of sp³-hybridized carbons (Fsp3) is 0.550. The second kappa shape index (κ2) is 6.88. The number of fused-ring (bicyclic) bond motifs is 1. The summed E-state index contributed by atoms with van der Waals surface area (Å²) >= 11 is 0. The van der Waals surface area contributed by atoms with E-state index in [0.29, 0.717) is 17.8 Å². The van der Waals surface area contributed by atoms with Gasteiger partial charge in [0.25, 0.3) is 0 Å². The lowest BCUT2D eigenvalue weighted by Crippen LogP contribution is -2.17. The molecule has 3 heteroatoms. The molecule has 124 valence electrons. The van der Waals surface area contributed by atoms with Gasteiger partial charge in [0.1, 0.15) is 0 Å². The smallest absolute Gasteiger partial charge is 0.303 e. The van der Waals surface area contributed by atoms with Crippen LogP contribution in [0, 0.1) is 30.6 Å². The van der Waals surface area contributed by atoms with E-state index in [2.05, 4.69) is 43.3 Å². The van der Waals surface area contributed by atoms with Crippen molar-refractivity contribution in [2.75, 3.05) is 0 Å². The molecule has 0 amide bonds. The van der Waals surface area contributed by atoms with Crippen molar-refractivity contribution < 1.29 is 15.0 Å². The molecule has 0 aromatic heterocycles. The number of aliphatic hydroxyl groups is 1. The summed E-state index contributed by atoms with van der Waals surface area (Å²) in [6, 6.07) is 8.42. The average Bonchev–Trinajstić information content (AvgIpc) is 3.02. The van der Waals surface area contributed by atoms with Gasteiger partial charge < -0.3 is 10.2 Å². The zero-order chi connectivity index (χ0) is 16.4. The lowest BCUT2D eigenvalue weighted by molar-refractivity contribution is -0.137. The third-order valence-electron chi connectivity index (χ3n) is 5.68. The van der Waals surface area contributed by atoms with Crippen LogP contribution in [0.2, 0.25) is 0 Å². The minimum absolute atomic E-state index is 0.219. The summed E-state index contributed by atoms with van der Waals surface area (Å²) in [5.41, 5.74) is 2.42. The second-order valence-electron chi connectivity index (χ2n) is 7.34. The van der Waals surface area contributed by atoms with Gasteiger partial charge in [-0.1, -0.05) is 42.0 Å². The van der Waals surface area contributed by atoms with Gasteiger partial charge in [-0.05, 0) is 55.9 Å². The standard InChI is InChI=1S/C20H26O3/c1-13-2-4-14(5-3-13)6-8-17-18-11-15(7-9-20(22)23)10-16(18)12-19(17)21/h2-6,8,15-19,21H,7,9-12H2,1H3,(H,22,23)/b8-6+/t15?,16-,17+,18-,19+/m0/s1. The summed E-state index contributed by atoms with van der Waals surface area (Å²) in [6.45, 7) is 2.08. The normalized spacial score (nSPS) is 33.2. The first-order valence-electron chi connectivity index (χ1n) is 8.67. The van der Waals surface area contributed by atoms with Gasteiger partial charge in [0.05, 0.1) is 6.10 Å². The zero-order valence-electron chi connectivity index (χ0n) is 13.7. The summed E-state index contributed by atoms with van der Waals surface area (Å²) < 4.78 is 0. The Bertz CT molecular complexity index is 575. The van der Waals surface area contributed by atoms with Gasteiger partial charge in [-0.15, -0.1) is 0 Å². The van der Waals surface area contributed by atoms with Gasteiger partial charge in [-0.25, -0.2) is 0 Å². The maximum absolute atomic E-state index is 10.8. The van der Waals surface area contributed by atoms with Crippen LogP contribution < -0.4 is 0 Å². The third kappa shape index (κ3) is 3.84. The van der Waals surface area contributed by atoms with Crippen LogP contribution in [0.3, 0.4) is 0 Å². The summed E-state index contributed by atoms with van der Waals surface area (Å²) in [5.74, 6) is 1.12. The van der Waals surface area contributed by atoms with Crippen LogP contribution >= 0.6 is 0 Å². The summed E-state index contributed by atoms with van der Waals surface area (Å²) in [6.07, 6.45) is 8.15. The third-order valence-corrected chi connectivity index (χ3v) is 5.68. The van der Waals surface area contributed by atoms with Gasteiger partial charge in [0.2, 0.25) is 0 Å². The fourth-order valence-corrected chi connectivity index (χ4v) is 4.51. The van der Waals surface area contributed by atoms with Gasteiger partial charge in [0, 0.05) is 12.3 Å². The van der Waals surface area contributed by atoms with Crippen LogP contribution in [0.25, 0.3) is 6.08 Å². The lowest BCUT2D eigenvalue weighted by Gasteiger charge is -2.18. The van der Waals surface area contributed by atoms with Crippen molar-refractivity contribution in [1.29, 1.82) is 0 Å². The molecule has 2 fully saturated rings. The van der Waals surface area contributed by atoms with Crippen molar-refractivity contribution in [3.63, 3.8) is 0 Å². The average molecular weight is 314 g/mol. The topological polar surface area (TPSA) is 57.5 Å². The number of aliphatic hydroxyl groups excluding tert-OH is 1. The molecular weight excluding hydrogens is 288 g/mol. The molecule has 1 aromatic carbocycles. The molecule has 0 saturated heterocycles. The van der Waals surface area contributed by atoms with Gasteiger partial charge in [-0.3, -0.25) is 4.79 Å².